The monoisotopic (exact) mass is 263 g/mol. The summed E-state index contributed by atoms with van der Waals surface area (Å²) < 4.78 is 26.6. The molecule has 0 bridgehead atoms. The van der Waals surface area contributed by atoms with Gasteiger partial charge in [0.15, 0.2) is 0 Å². The molecule has 0 aliphatic rings. The van der Waals surface area contributed by atoms with Crippen LogP contribution >= 0.6 is 15.9 Å². The third-order valence-electron chi connectivity index (χ3n) is 1.57. The minimum absolute atomic E-state index is 0.264. The quantitative estimate of drug-likeness (QED) is 0.873. The minimum atomic E-state index is -0.872. The molecule has 0 atom stereocenters. The van der Waals surface area contributed by atoms with E-state index in [4.69, 9.17) is 0 Å². The fourth-order valence-electron chi connectivity index (χ4n) is 1.01. The lowest BCUT2D eigenvalue weighted by Crippen LogP contribution is -2.25. The van der Waals surface area contributed by atoms with Gasteiger partial charge in [0.1, 0.15) is 17.2 Å². The third kappa shape index (κ3) is 2.29. The summed E-state index contributed by atoms with van der Waals surface area (Å²) in [6.07, 6.45) is 0. The molecule has 0 heterocycles. The molecule has 1 N–H and O–H groups in total. The fourth-order valence-corrected chi connectivity index (χ4v) is 1.41. The Morgan fingerprint density at radius 2 is 1.93 bits per heavy atom. The Bertz CT molecular complexity index is 345. The lowest BCUT2D eigenvalue weighted by atomic mass is 10.2. The van der Waals surface area contributed by atoms with Gasteiger partial charge in [-0.2, -0.15) is 0 Å². The lowest BCUT2D eigenvalue weighted by Gasteiger charge is -2.05. The molecular weight excluding hydrogens is 256 g/mol. The Balaban J connectivity index is 3.14. The number of halogens is 3. The first-order valence-electron chi connectivity index (χ1n) is 3.99. The molecule has 0 saturated carbocycles. The normalized spacial score (nSPS) is 10.0. The number of hydrogen-bond acceptors (Lipinski definition) is 1. The molecule has 0 aliphatic heterocycles. The Kier molecular flexibility index (Phi) is 3.57. The van der Waals surface area contributed by atoms with Crippen molar-refractivity contribution in [2.75, 3.05) is 6.54 Å². The molecule has 5 heteroatoms. The van der Waals surface area contributed by atoms with Crippen molar-refractivity contribution >= 4 is 21.8 Å². The molecule has 0 aromatic heterocycles. The van der Waals surface area contributed by atoms with Crippen LogP contribution in [0.3, 0.4) is 0 Å². The molecule has 0 fully saturated rings. The third-order valence-corrected chi connectivity index (χ3v) is 2.03. The first-order valence-corrected chi connectivity index (χ1v) is 4.78. The molecule has 0 unspecified atom stereocenters. The first kappa shape index (κ1) is 11.1. The van der Waals surface area contributed by atoms with Gasteiger partial charge < -0.3 is 5.32 Å². The van der Waals surface area contributed by atoms with Gasteiger partial charge in [-0.15, -0.1) is 0 Å². The Morgan fingerprint density at radius 3 is 2.36 bits per heavy atom. The van der Waals surface area contributed by atoms with Crippen LogP contribution in [0.15, 0.2) is 16.6 Å². The topological polar surface area (TPSA) is 29.1 Å². The van der Waals surface area contributed by atoms with Gasteiger partial charge in [0, 0.05) is 11.0 Å². The van der Waals surface area contributed by atoms with Gasteiger partial charge in [0.05, 0.1) is 0 Å². The van der Waals surface area contributed by atoms with Crippen LogP contribution in [0.1, 0.15) is 17.3 Å². The summed E-state index contributed by atoms with van der Waals surface area (Å²) in [5, 5.41) is 2.33. The second-order valence-electron chi connectivity index (χ2n) is 2.60. The lowest BCUT2D eigenvalue weighted by molar-refractivity contribution is 0.0947. The van der Waals surface area contributed by atoms with E-state index in [1.54, 1.807) is 6.92 Å². The van der Waals surface area contributed by atoms with E-state index in [0.29, 0.717) is 6.54 Å². The van der Waals surface area contributed by atoms with Crippen molar-refractivity contribution in [3.05, 3.63) is 33.8 Å². The number of carbonyl (C=O) groups is 1. The van der Waals surface area contributed by atoms with Gasteiger partial charge in [0.25, 0.3) is 5.91 Å². The van der Waals surface area contributed by atoms with Gasteiger partial charge in [-0.1, -0.05) is 15.9 Å². The number of hydrogen-bond donors (Lipinski definition) is 1. The summed E-state index contributed by atoms with van der Waals surface area (Å²) in [6.45, 7) is 2.00. The zero-order chi connectivity index (χ0) is 10.7. The fraction of sp³-hybridized carbons (Fsp3) is 0.222. The standard InChI is InChI=1S/C9H8BrF2NO/c1-2-13-9(14)8-6(11)3-5(10)4-7(8)12/h3-4H,2H2,1H3,(H,13,14). The van der Waals surface area contributed by atoms with Gasteiger partial charge in [0.2, 0.25) is 0 Å². The molecule has 1 rings (SSSR count). The molecular formula is C9H8BrF2NO. The number of carbonyl (C=O) groups excluding carboxylic acids is 1. The van der Waals surface area contributed by atoms with Crippen LogP contribution in [0.25, 0.3) is 0 Å². The van der Waals surface area contributed by atoms with E-state index in [9.17, 15) is 13.6 Å². The van der Waals surface area contributed by atoms with E-state index >= 15 is 0 Å². The van der Waals surface area contributed by atoms with Crippen molar-refractivity contribution in [1.82, 2.24) is 5.32 Å². The maximum absolute atomic E-state index is 13.2. The van der Waals surface area contributed by atoms with E-state index in [-0.39, 0.29) is 4.47 Å². The highest BCUT2D eigenvalue weighted by atomic mass is 79.9. The van der Waals surface area contributed by atoms with Crippen molar-refractivity contribution in [1.29, 1.82) is 0 Å². The summed E-state index contributed by atoms with van der Waals surface area (Å²) in [7, 11) is 0. The molecule has 0 saturated heterocycles. The van der Waals surface area contributed by atoms with Crippen LogP contribution in [0, 0.1) is 11.6 Å². The van der Waals surface area contributed by atoms with E-state index in [1.807, 2.05) is 0 Å². The molecule has 14 heavy (non-hydrogen) atoms. The zero-order valence-corrected chi connectivity index (χ0v) is 8.99. The van der Waals surface area contributed by atoms with Gasteiger partial charge >= 0.3 is 0 Å². The summed E-state index contributed by atoms with van der Waals surface area (Å²) in [5.41, 5.74) is -0.546. The van der Waals surface area contributed by atoms with Crippen LogP contribution < -0.4 is 5.32 Å². The van der Waals surface area contributed by atoms with E-state index in [0.717, 1.165) is 12.1 Å². The second kappa shape index (κ2) is 4.50. The van der Waals surface area contributed by atoms with Gasteiger partial charge in [-0.05, 0) is 19.1 Å². The molecule has 2 nitrogen and oxygen atoms in total. The van der Waals surface area contributed by atoms with Crippen molar-refractivity contribution in [2.24, 2.45) is 0 Å². The predicted molar refractivity (Wildman–Crippen MR) is 52.1 cm³/mol. The van der Waals surface area contributed by atoms with Crippen LogP contribution in [0.5, 0.6) is 0 Å². The van der Waals surface area contributed by atoms with E-state index < -0.39 is 23.1 Å². The highest BCUT2D eigenvalue weighted by Crippen LogP contribution is 2.19. The van der Waals surface area contributed by atoms with E-state index in [1.165, 1.54) is 0 Å². The van der Waals surface area contributed by atoms with Crippen LogP contribution in [-0.4, -0.2) is 12.5 Å². The molecule has 1 amide bonds. The first-order chi connectivity index (χ1) is 6.56. The van der Waals surface area contributed by atoms with Crippen LogP contribution in [-0.2, 0) is 0 Å². The summed E-state index contributed by atoms with van der Waals surface area (Å²) in [5.74, 6) is -2.49. The van der Waals surface area contributed by atoms with Crippen molar-refractivity contribution < 1.29 is 13.6 Å². The number of amides is 1. The zero-order valence-electron chi connectivity index (χ0n) is 7.40. The SMILES string of the molecule is CCNC(=O)c1c(F)cc(Br)cc1F. The molecule has 0 radical (unpaired) electrons. The van der Waals surface area contributed by atoms with Crippen molar-refractivity contribution in [3.8, 4) is 0 Å². The maximum Gasteiger partial charge on any atom is 0.257 e. The summed E-state index contributed by atoms with van der Waals surface area (Å²) in [6, 6.07) is 2.10. The summed E-state index contributed by atoms with van der Waals surface area (Å²) in [4.78, 5) is 11.2. The van der Waals surface area contributed by atoms with E-state index in [2.05, 4.69) is 21.2 Å². The number of rotatable bonds is 2. The highest BCUT2D eigenvalue weighted by molar-refractivity contribution is 9.10. The largest absolute Gasteiger partial charge is 0.352 e. The average Bonchev–Trinajstić information content (AvgIpc) is 2.01. The minimum Gasteiger partial charge on any atom is -0.352 e. The van der Waals surface area contributed by atoms with Crippen molar-refractivity contribution in [3.63, 3.8) is 0 Å². The van der Waals surface area contributed by atoms with Gasteiger partial charge in [-0.25, -0.2) is 8.78 Å². The second-order valence-corrected chi connectivity index (χ2v) is 3.52. The molecule has 0 aliphatic carbocycles. The van der Waals surface area contributed by atoms with Gasteiger partial charge in [-0.3, -0.25) is 4.79 Å². The van der Waals surface area contributed by atoms with Crippen LogP contribution in [0.2, 0.25) is 0 Å². The Hall–Kier alpha value is -0.970. The molecule has 76 valence electrons. The number of nitrogens with one attached hydrogen (secondary N) is 1. The smallest absolute Gasteiger partial charge is 0.257 e. The van der Waals surface area contributed by atoms with Crippen LogP contribution in [0.4, 0.5) is 8.78 Å². The maximum atomic E-state index is 13.2. The summed E-state index contributed by atoms with van der Waals surface area (Å²) >= 11 is 2.92. The molecule has 0 spiro atoms. The highest BCUT2D eigenvalue weighted by Gasteiger charge is 2.17. The number of benzene rings is 1. The molecule has 1 aromatic rings. The molecule has 1 aromatic carbocycles. The van der Waals surface area contributed by atoms with Crippen molar-refractivity contribution in [2.45, 2.75) is 6.92 Å². The average molecular weight is 264 g/mol. The Labute approximate surface area is 88.4 Å². The Morgan fingerprint density at radius 1 is 1.43 bits per heavy atom. The predicted octanol–water partition coefficient (Wildman–Crippen LogP) is 2.48.